The summed E-state index contributed by atoms with van der Waals surface area (Å²) in [6.07, 6.45) is 3.02. The fourth-order valence-corrected chi connectivity index (χ4v) is 3.86. The fourth-order valence-electron chi connectivity index (χ4n) is 2.60. The van der Waals surface area contributed by atoms with Crippen LogP contribution < -0.4 is 5.56 Å². The van der Waals surface area contributed by atoms with E-state index in [9.17, 15) is 4.79 Å². The fraction of sp³-hybridized carbons (Fsp3) is 0.667. The van der Waals surface area contributed by atoms with Crippen molar-refractivity contribution < 1.29 is 0 Å². The lowest BCUT2D eigenvalue weighted by Crippen LogP contribution is -2.54. The Morgan fingerprint density at radius 1 is 1.47 bits per heavy atom. The third-order valence-electron chi connectivity index (χ3n) is 3.62. The summed E-state index contributed by atoms with van der Waals surface area (Å²) < 4.78 is 1.59. The number of hydrogen-bond acceptors (Lipinski definition) is 4. The van der Waals surface area contributed by atoms with Gasteiger partial charge >= 0.3 is 0 Å². The molecule has 3 heterocycles. The highest BCUT2D eigenvalue weighted by Crippen LogP contribution is 2.28. The molecule has 0 saturated carbocycles. The quantitative estimate of drug-likeness (QED) is 0.792. The Balaban J connectivity index is 1.53. The van der Waals surface area contributed by atoms with Gasteiger partial charge in [0.15, 0.2) is 0 Å². The molecule has 0 spiro atoms. The predicted molar refractivity (Wildman–Crippen MR) is 69.3 cm³/mol. The van der Waals surface area contributed by atoms with E-state index in [0.29, 0.717) is 5.92 Å². The maximum absolute atomic E-state index is 11.5. The lowest BCUT2D eigenvalue weighted by atomic mass is 9.97. The molecule has 17 heavy (non-hydrogen) atoms. The van der Waals surface area contributed by atoms with E-state index in [-0.39, 0.29) is 5.56 Å². The summed E-state index contributed by atoms with van der Waals surface area (Å²) in [4.78, 5) is 14.1. The molecule has 0 bridgehead atoms. The summed E-state index contributed by atoms with van der Waals surface area (Å²) >= 11 is 2.06. The lowest BCUT2D eigenvalue weighted by Gasteiger charge is -2.43. The van der Waals surface area contributed by atoms with Crippen LogP contribution in [-0.4, -0.2) is 45.3 Å². The summed E-state index contributed by atoms with van der Waals surface area (Å²) in [5.74, 6) is 3.20. The molecule has 2 aliphatic rings. The van der Waals surface area contributed by atoms with Gasteiger partial charge in [-0.1, -0.05) is 0 Å². The minimum Gasteiger partial charge on any atom is -0.299 e. The molecule has 0 N–H and O–H groups in total. The number of thioether (sulfide) groups is 1. The molecule has 5 heteroatoms. The summed E-state index contributed by atoms with van der Waals surface area (Å²) in [6.45, 7) is 3.04. The molecule has 2 fully saturated rings. The van der Waals surface area contributed by atoms with E-state index in [1.807, 2.05) is 0 Å². The molecule has 1 aromatic heterocycles. The van der Waals surface area contributed by atoms with Crippen molar-refractivity contribution in [2.24, 2.45) is 5.92 Å². The van der Waals surface area contributed by atoms with E-state index < -0.39 is 0 Å². The van der Waals surface area contributed by atoms with Crippen molar-refractivity contribution in [3.05, 3.63) is 28.7 Å². The van der Waals surface area contributed by atoms with Crippen molar-refractivity contribution in [1.82, 2.24) is 14.7 Å². The van der Waals surface area contributed by atoms with Crippen molar-refractivity contribution in [3.63, 3.8) is 0 Å². The normalized spacial score (nSPS) is 26.0. The van der Waals surface area contributed by atoms with Gasteiger partial charge < -0.3 is 0 Å². The molecular weight excluding hydrogens is 234 g/mol. The van der Waals surface area contributed by atoms with Crippen LogP contribution in [0.25, 0.3) is 0 Å². The SMILES string of the molecule is O=c1cccnn1CC1CN(C2CCSC2)C1. The largest absolute Gasteiger partial charge is 0.299 e. The van der Waals surface area contributed by atoms with Crippen LogP contribution in [-0.2, 0) is 6.54 Å². The van der Waals surface area contributed by atoms with Gasteiger partial charge in [0.2, 0.25) is 0 Å². The molecule has 2 aliphatic heterocycles. The smallest absolute Gasteiger partial charge is 0.266 e. The van der Waals surface area contributed by atoms with Crippen LogP contribution >= 0.6 is 11.8 Å². The molecule has 1 atom stereocenters. The molecular formula is C12H17N3OS. The number of aromatic nitrogens is 2. The first-order chi connectivity index (χ1) is 8.33. The summed E-state index contributed by atoms with van der Waals surface area (Å²) in [6, 6.07) is 4.07. The molecule has 0 aromatic carbocycles. The Kier molecular flexibility index (Phi) is 3.20. The zero-order valence-corrected chi connectivity index (χ0v) is 10.6. The third-order valence-corrected chi connectivity index (χ3v) is 4.77. The number of hydrogen-bond donors (Lipinski definition) is 0. The van der Waals surface area contributed by atoms with Crippen LogP contribution in [0, 0.1) is 5.92 Å². The van der Waals surface area contributed by atoms with E-state index >= 15 is 0 Å². The summed E-state index contributed by atoms with van der Waals surface area (Å²) in [5, 5.41) is 4.10. The molecule has 1 unspecified atom stereocenters. The Hall–Kier alpha value is -0.810. The molecule has 0 aliphatic carbocycles. The molecule has 2 saturated heterocycles. The van der Waals surface area contributed by atoms with Crippen LogP contribution in [0.4, 0.5) is 0 Å². The Bertz CT molecular complexity index is 435. The van der Waals surface area contributed by atoms with Crippen molar-refractivity contribution in [1.29, 1.82) is 0 Å². The summed E-state index contributed by atoms with van der Waals surface area (Å²) in [7, 11) is 0. The molecule has 92 valence electrons. The highest BCUT2D eigenvalue weighted by molar-refractivity contribution is 7.99. The molecule has 0 radical (unpaired) electrons. The number of likely N-dealkylation sites (tertiary alicyclic amines) is 1. The summed E-state index contributed by atoms with van der Waals surface area (Å²) in [5.41, 5.74) is 0.0161. The molecule has 1 aromatic rings. The molecule has 0 amide bonds. The number of nitrogens with zero attached hydrogens (tertiary/aromatic N) is 3. The second-order valence-electron chi connectivity index (χ2n) is 4.88. The Morgan fingerprint density at radius 2 is 2.35 bits per heavy atom. The Labute approximate surface area is 105 Å². The maximum Gasteiger partial charge on any atom is 0.266 e. The minimum absolute atomic E-state index is 0.0161. The van der Waals surface area contributed by atoms with E-state index in [4.69, 9.17) is 0 Å². The average Bonchev–Trinajstić information content (AvgIpc) is 2.78. The molecule has 4 nitrogen and oxygen atoms in total. The van der Waals surface area contributed by atoms with E-state index in [1.165, 1.54) is 17.9 Å². The van der Waals surface area contributed by atoms with Crippen LogP contribution in [0.1, 0.15) is 6.42 Å². The van der Waals surface area contributed by atoms with Gasteiger partial charge in [-0.05, 0) is 18.2 Å². The highest BCUT2D eigenvalue weighted by Gasteiger charge is 2.34. The van der Waals surface area contributed by atoms with E-state index in [1.54, 1.807) is 23.0 Å². The third kappa shape index (κ3) is 2.40. The lowest BCUT2D eigenvalue weighted by molar-refractivity contribution is 0.0504. The first-order valence-electron chi connectivity index (χ1n) is 6.17. The van der Waals surface area contributed by atoms with Crippen LogP contribution in [0.15, 0.2) is 23.1 Å². The topological polar surface area (TPSA) is 38.1 Å². The van der Waals surface area contributed by atoms with E-state index in [2.05, 4.69) is 21.8 Å². The first kappa shape index (κ1) is 11.3. The van der Waals surface area contributed by atoms with Gasteiger partial charge in [-0.2, -0.15) is 16.9 Å². The monoisotopic (exact) mass is 251 g/mol. The highest BCUT2D eigenvalue weighted by atomic mass is 32.2. The average molecular weight is 251 g/mol. The van der Waals surface area contributed by atoms with Crippen molar-refractivity contribution in [2.75, 3.05) is 24.6 Å². The van der Waals surface area contributed by atoms with Crippen molar-refractivity contribution in [2.45, 2.75) is 19.0 Å². The zero-order valence-electron chi connectivity index (χ0n) is 9.79. The Morgan fingerprint density at radius 3 is 3.06 bits per heavy atom. The second-order valence-corrected chi connectivity index (χ2v) is 6.03. The minimum atomic E-state index is 0.0161. The zero-order chi connectivity index (χ0) is 11.7. The van der Waals surface area contributed by atoms with E-state index in [0.717, 1.165) is 25.7 Å². The van der Waals surface area contributed by atoms with Gasteiger partial charge in [0.05, 0.1) is 6.54 Å². The van der Waals surface area contributed by atoms with Gasteiger partial charge in [0.1, 0.15) is 0 Å². The predicted octanol–water partition coefficient (Wildman–Crippen LogP) is 0.681. The van der Waals surface area contributed by atoms with Gasteiger partial charge in [-0.25, -0.2) is 4.68 Å². The van der Waals surface area contributed by atoms with Crippen molar-refractivity contribution >= 4 is 11.8 Å². The molecule has 3 rings (SSSR count). The standard InChI is InChI=1S/C12H17N3OS/c16-12-2-1-4-13-15(12)8-10-6-14(7-10)11-3-5-17-9-11/h1-2,4,10-11H,3,5-9H2. The van der Waals surface area contributed by atoms with Gasteiger partial charge in [-0.3, -0.25) is 9.69 Å². The van der Waals surface area contributed by atoms with Crippen LogP contribution in [0.3, 0.4) is 0 Å². The first-order valence-corrected chi connectivity index (χ1v) is 7.32. The van der Waals surface area contributed by atoms with Gasteiger partial charge in [0.25, 0.3) is 5.56 Å². The van der Waals surface area contributed by atoms with Gasteiger partial charge in [0, 0.05) is 43.1 Å². The van der Waals surface area contributed by atoms with Crippen LogP contribution in [0.2, 0.25) is 0 Å². The number of rotatable bonds is 3. The maximum atomic E-state index is 11.5. The van der Waals surface area contributed by atoms with Gasteiger partial charge in [-0.15, -0.1) is 0 Å². The van der Waals surface area contributed by atoms with Crippen molar-refractivity contribution in [3.8, 4) is 0 Å². The van der Waals surface area contributed by atoms with Crippen LogP contribution in [0.5, 0.6) is 0 Å². The second kappa shape index (κ2) is 4.82.